The van der Waals surface area contributed by atoms with Crippen LogP contribution in [-0.2, 0) is 11.2 Å². The van der Waals surface area contributed by atoms with E-state index >= 15 is 0 Å². The van der Waals surface area contributed by atoms with Crippen LogP contribution in [0.25, 0.3) is 10.9 Å². The second-order valence-electron chi connectivity index (χ2n) is 8.77. The lowest BCUT2D eigenvalue weighted by molar-refractivity contribution is -0.135. The third kappa shape index (κ3) is 5.39. The molecule has 1 aromatic carbocycles. The number of piperazine rings is 1. The summed E-state index contributed by atoms with van der Waals surface area (Å²) in [6.07, 6.45) is 5.36. The van der Waals surface area contributed by atoms with Crippen LogP contribution in [0.1, 0.15) is 30.9 Å². The van der Waals surface area contributed by atoms with Crippen molar-refractivity contribution in [3.63, 3.8) is 0 Å². The number of hydrogen-bond acceptors (Lipinski definition) is 3. The Morgan fingerprint density at radius 2 is 1.84 bits per heavy atom. The number of hydrogen-bond donors (Lipinski definition) is 2. The molecule has 0 saturated carbocycles. The lowest BCUT2D eigenvalue weighted by atomic mass is 10.1. The van der Waals surface area contributed by atoms with Gasteiger partial charge in [0.15, 0.2) is 5.96 Å². The van der Waals surface area contributed by atoms with Gasteiger partial charge in [0.2, 0.25) is 5.91 Å². The summed E-state index contributed by atoms with van der Waals surface area (Å²) < 4.78 is 0. The molecule has 2 aliphatic rings. The zero-order valence-corrected chi connectivity index (χ0v) is 21.9. The molecular weight excluding hydrogens is 515 g/mol. The first-order chi connectivity index (χ1) is 15.1. The second kappa shape index (κ2) is 11.4. The molecule has 0 spiro atoms. The minimum atomic E-state index is -0.0273. The number of halogens is 1. The highest BCUT2D eigenvalue weighted by Gasteiger charge is 2.30. The largest absolute Gasteiger partial charge is 0.361 e. The van der Waals surface area contributed by atoms with Crippen molar-refractivity contribution in [3.8, 4) is 0 Å². The molecule has 7 nitrogen and oxygen atoms in total. The second-order valence-corrected chi connectivity index (χ2v) is 8.77. The van der Waals surface area contributed by atoms with Crippen LogP contribution in [0.5, 0.6) is 0 Å². The Labute approximate surface area is 208 Å². The van der Waals surface area contributed by atoms with Gasteiger partial charge in [-0.2, -0.15) is 0 Å². The Morgan fingerprint density at radius 1 is 1.12 bits per heavy atom. The number of nitrogens with one attached hydrogen (secondary N) is 2. The van der Waals surface area contributed by atoms with Gasteiger partial charge in [-0.1, -0.05) is 18.2 Å². The summed E-state index contributed by atoms with van der Waals surface area (Å²) in [6, 6.07) is 6.42. The summed E-state index contributed by atoms with van der Waals surface area (Å²) in [5, 5.41) is 4.84. The van der Waals surface area contributed by atoms with E-state index in [2.05, 4.69) is 63.3 Å². The summed E-state index contributed by atoms with van der Waals surface area (Å²) in [4.78, 5) is 27.3. The Kier molecular flexibility index (Phi) is 8.81. The van der Waals surface area contributed by atoms with E-state index < -0.39 is 0 Å². The number of nitrogens with zero attached hydrogens (tertiary/aromatic N) is 4. The smallest absolute Gasteiger partial charge is 0.239 e. The van der Waals surface area contributed by atoms with Crippen molar-refractivity contribution in [2.24, 2.45) is 4.99 Å². The molecule has 176 valence electrons. The molecule has 2 saturated heterocycles. The van der Waals surface area contributed by atoms with Crippen LogP contribution in [0.15, 0.2) is 29.4 Å². The van der Waals surface area contributed by atoms with E-state index in [0.717, 1.165) is 71.0 Å². The summed E-state index contributed by atoms with van der Waals surface area (Å²) in [5.74, 6) is 1.25. The number of amides is 1. The maximum atomic E-state index is 12.7. The Balaban J connectivity index is 0.00000289. The van der Waals surface area contributed by atoms with E-state index in [4.69, 9.17) is 0 Å². The minimum absolute atomic E-state index is 0. The van der Waals surface area contributed by atoms with Crippen LogP contribution in [0.3, 0.4) is 0 Å². The number of H-pyrrole nitrogens is 1. The van der Waals surface area contributed by atoms with Gasteiger partial charge < -0.3 is 20.1 Å². The molecule has 0 aliphatic carbocycles. The summed E-state index contributed by atoms with van der Waals surface area (Å²) in [6.45, 7) is 10.5. The normalized spacial score (nSPS) is 18.7. The van der Waals surface area contributed by atoms with Crippen LogP contribution in [0.4, 0.5) is 0 Å². The Bertz CT molecular complexity index is 928. The number of rotatable bonds is 5. The number of aryl methyl sites for hydroxylation is 1. The molecule has 2 fully saturated rings. The van der Waals surface area contributed by atoms with Crippen LogP contribution < -0.4 is 5.32 Å². The quantitative estimate of drug-likeness (QED) is 0.340. The summed E-state index contributed by atoms with van der Waals surface area (Å²) in [7, 11) is 1.85. The van der Waals surface area contributed by atoms with E-state index in [-0.39, 0.29) is 30.0 Å². The number of fused-ring (bicyclic) bond motifs is 1. The first-order valence-corrected chi connectivity index (χ1v) is 11.6. The number of carbonyl (C=O) groups is 1. The topological polar surface area (TPSA) is 67.0 Å². The fraction of sp³-hybridized carbons (Fsp3) is 0.583. The molecule has 2 aliphatic heterocycles. The van der Waals surface area contributed by atoms with Crippen LogP contribution in [-0.4, -0.2) is 90.5 Å². The highest BCUT2D eigenvalue weighted by Crippen LogP contribution is 2.21. The maximum Gasteiger partial charge on any atom is 0.239 e. The lowest BCUT2D eigenvalue weighted by Crippen LogP contribution is -2.57. The predicted octanol–water partition coefficient (Wildman–Crippen LogP) is 2.84. The molecule has 0 radical (unpaired) electrons. The molecular formula is C24H37IN6O. The van der Waals surface area contributed by atoms with Crippen LogP contribution >= 0.6 is 24.0 Å². The van der Waals surface area contributed by atoms with Crippen molar-refractivity contribution >= 4 is 46.7 Å². The fourth-order valence-electron chi connectivity index (χ4n) is 4.89. The van der Waals surface area contributed by atoms with Gasteiger partial charge in [0.1, 0.15) is 0 Å². The zero-order chi connectivity index (χ0) is 21.8. The van der Waals surface area contributed by atoms with Gasteiger partial charge in [0, 0.05) is 70.0 Å². The molecule has 1 aromatic heterocycles. The van der Waals surface area contributed by atoms with Crippen molar-refractivity contribution in [2.45, 2.75) is 39.2 Å². The molecule has 1 amide bonds. The number of para-hydroxylation sites is 1. The predicted molar refractivity (Wildman–Crippen MR) is 142 cm³/mol. The molecule has 1 unspecified atom stereocenters. The molecule has 2 N–H and O–H groups in total. The third-order valence-electron chi connectivity index (χ3n) is 6.84. The summed E-state index contributed by atoms with van der Waals surface area (Å²) in [5.41, 5.74) is 3.85. The van der Waals surface area contributed by atoms with Crippen LogP contribution in [0, 0.1) is 6.92 Å². The Hall–Kier alpha value is -1.81. The molecule has 4 rings (SSSR count). The number of aliphatic imine (C=N–C) groups is 1. The van der Waals surface area contributed by atoms with Crippen molar-refractivity contribution in [1.82, 2.24) is 25.0 Å². The first kappa shape index (κ1) is 24.8. The molecule has 0 bridgehead atoms. The van der Waals surface area contributed by atoms with Crippen molar-refractivity contribution < 1.29 is 4.79 Å². The Morgan fingerprint density at radius 3 is 2.53 bits per heavy atom. The number of aromatic amines is 1. The maximum absolute atomic E-state index is 12.7. The van der Waals surface area contributed by atoms with Crippen LogP contribution in [0.2, 0.25) is 0 Å². The molecule has 1 atom stereocenters. The molecule has 3 heterocycles. The minimum Gasteiger partial charge on any atom is -0.361 e. The highest BCUT2D eigenvalue weighted by atomic mass is 127. The van der Waals surface area contributed by atoms with E-state index in [0.29, 0.717) is 5.91 Å². The number of benzene rings is 1. The summed E-state index contributed by atoms with van der Waals surface area (Å²) >= 11 is 0. The van der Waals surface area contributed by atoms with Gasteiger partial charge in [-0.05, 0) is 44.2 Å². The number of guanidine groups is 1. The number of carbonyl (C=O) groups excluding carboxylic acids is 1. The molecule has 2 aromatic rings. The average molecular weight is 553 g/mol. The third-order valence-corrected chi connectivity index (χ3v) is 6.84. The number of likely N-dealkylation sites (tertiary alicyclic amines) is 1. The van der Waals surface area contributed by atoms with Gasteiger partial charge in [-0.3, -0.25) is 14.7 Å². The average Bonchev–Trinajstić information content (AvgIpc) is 3.47. The monoisotopic (exact) mass is 552 g/mol. The van der Waals surface area contributed by atoms with Gasteiger partial charge in [0.25, 0.3) is 0 Å². The number of aromatic nitrogens is 1. The van der Waals surface area contributed by atoms with Crippen molar-refractivity contribution in [3.05, 3.63) is 35.5 Å². The van der Waals surface area contributed by atoms with Crippen molar-refractivity contribution in [1.29, 1.82) is 0 Å². The zero-order valence-electron chi connectivity index (χ0n) is 19.6. The van der Waals surface area contributed by atoms with E-state index in [1.807, 2.05) is 11.9 Å². The lowest BCUT2D eigenvalue weighted by Gasteiger charge is -2.39. The van der Waals surface area contributed by atoms with Gasteiger partial charge in [-0.25, -0.2) is 0 Å². The standard InChI is InChI=1S/C24H36N6O.HI/c1-18-7-6-8-21-20(17-27-22(18)21)9-10-26-24(25-3)30-15-13-28(14-16-30)19(2)23(31)29-11-4-5-12-29;/h6-8,17,19,27H,4-5,9-16H2,1-3H3,(H,25,26);1H. The SMILES string of the molecule is CN=C(NCCc1c[nH]c2c(C)cccc12)N1CCN(C(C)C(=O)N2CCCC2)CC1.I. The van der Waals surface area contributed by atoms with Gasteiger partial charge >= 0.3 is 0 Å². The van der Waals surface area contributed by atoms with E-state index in [1.54, 1.807) is 0 Å². The fourth-order valence-corrected chi connectivity index (χ4v) is 4.89. The first-order valence-electron chi connectivity index (χ1n) is 11.6. The van der Waals surface area contributed by atoms with E-state index in [9.17, 15) is 4.79 Å². The molecule has 8 heteroatoms. The van der Waals surface area contributed by atoms with Crippen molar-refractivity contribution in [2.75, 3.05) is 52.9 Å². The van der Waals surface area contributed by atoms with Gasteiger partial charge in [-0.15, -0.1) is 24.0 Å². The van der Waals surface area contributed by atoms with E-state index in [1.165, 1.54) is 22.0 Å². The van der Waals surface area contributed by atoms with Gasteiger partial charge in [0.05, 0.1) is 6.04 Å². The highest BCUT2D eigenvalue weighted by molar-refractivity contribution is 14.0. The molecule has 32 heavy (non-hydrogen) atoms.